The average molecular weight is 247 g/mol. The van der Waals surface area contributed by atoms with Crippen molar-refractivity contribution in [2.45, 2.75) is 38.7 Å². The van der Waals surface area contributed by atoms with Gasteiger partial charge >= 0.3 is 0 Å². The van der Waals surface area contributed by atoms with E-state index in [0.29, 0.717) is 19.5 Å². The van der Waals surface area contributed by atoms with Crippen LogP contribution in [0.2, 0.25) is 0 Å². The van der Waals surface area contributed by atoms with Crippen LogP contribution in [0.15, 0.2) is 0 Å². The maximum atomic E-state index is 11.8. The second kappa shape index (κ2) is 5.02. The molecular weight excluding hydrogens is 226 g/mol. The minimum absolute atomic E-state index is 0.132. The lowest BCUT2D eigenvalue weighted by atomic mass is 10.3. The highest BCUT2D eigenvalue weighted by Crippen LogP contribution is 2.30. The van der Waals surface area contributed by atoms with Gasteiger partial charge in [-0.2, -0.15) is 4.31 Å². The topological polar surface area (TPSA) is 46.6 Å². The monoisotopic (exact) mass is 247 g/mol. The van der Waals surface area contributed by atoms with E-state index in [-0.39, 0.29) is 11.9 Å². The minimum Gasteiger partial charge on any atom is -0.377 e. The summed E-state index contributed by atoms with van der Waals surface area (Å²) in [6.07, 6.45) is 4.24. The Balaban J connectivity index is 1.77. The molecular formula is C11H21NO3S. The first-order chi connectivity index (χ1) is 7.62. The van der Waals surface area contributed by atoms with Crippen LogP contribution in [0, 0.1) is 5.92 Å². The predicted octanol–water partition coefficient (Wildman–Crippen LogP) is 1.23. The molecule has 94 valence electrons. The van der Waals surface area contributed by atoms with Crippen molar-refractivity contribution in [1.29, 1.82) is 0 Å². The zero-order chi connectivity index (χ0) is 11.6. The van der Waals surface area contributed by atoms with Gasteiger partial charge in [0.25, 0.3) is 0 Å². The Bertz CT molecular complexity index is 324. The molecule has 1 saturated heterocycles. The number of nitrogens with zero attached hydrogens (tertiary/aromatic N) is 1. The molecule has 0 aromatic carbocycles. The van der Waals surface area contributed by atoms with Crippen LogP contribution in [0.1, 0.15) is 32.6 Å². The molecule has 1 saturated carbocycles. The summed E-state index contributed by atoms with van der Waals surface area (Å²) < 4.78 is 30.9. The van der Waals surface area contributed by atoms with E-state index in [2.05, 4.69) is 0 Å². The van der Waals surface area contributed by atoms with Crippen molar-refractivity contribution in [2.75, 3.05) is 25.4 Å². The number of hydrogen-bond donors (Lipinski definition) is 0. The Morgan fingerprint density at radius 3 is 2.69 bits per heavy atom. The Kier molecular flexibility index (Phi) is 3.87. The van der Waals surface area contributed by atoms with Gasteiger partial charge in [-0.15, -0.1) is 0 Å². The normalized spacial score (nSPS) is 27.4. The lowest BCUT2D eigenvalue weighted by molar-refractivity contribution is 0.0561. The first kappa shape index (κ1) is 12.3. The van der Waals surface area contributed by atoms with Gasteiger partial charge in [0.05, 0.1) is 11.9 Å². The molecule has 1 unspecified atom stereocenters. The summed E-state index contributed by atoms with van der Waals surface area (Å²) in [6, 6.07) is 0. The van der Waals surface area contributed by atoms with Crippen molar-refractivity contribution in [3.63, 3.8) is 0 Å². The van der Waals surface area contributed by atoms with Gasteiger partial charge in [0.15, 0.2) is 0 Å². The van der Waals surface area contributed by atoms with E-state index in [1.165, 1.54) is 12.8 Å². The van der Waals surface area contributed by atoms with E-state index in [0.717, 1.165) is 18.9 Å². The molecule has 1 aliphatic heterocycles. The zero-order valence-corrected chi connectivity index (χ0v) is 10.7. The van der Waals surface area contributed by atoms with E-state index >= 15 is 0 Å². The molecule has 1 aliphatic carbocycles. The van der Waals surface area contributed by atoms with Crippen LogP contribution in [0.4, 0.5) is 0 Å². The number of rotatable bonds is 6. The molecule has 0 amide bonds. The van der Waals surface area contributed by atoms with Crippen molar-refractivity contribution >= 4 is 10.0 Å². The molecule has 0 N–H and O–H groups in total. The van der Waals surface area contributed by atoms with Crippen LogP contribution in [-0.2, 0) is 14.8 Å². The van der Waals surface area contributed by atoms with Gasteiger partial charge in [0.1, 0.15) is 0 Å². The molecule has 16 heavy (non-hydrogen) atoms. The molecule has 1 atom stereocenters. The lowest BCUT2D eigenvalue weighted by Crippen LogP contribution is -2.32. The Hall–Kier alpha value is -0.130. The largest absolute Gasteiger partial charge is 0.377 e. The summed E-state index contributed by atoms with van der Waals surface area (Å²) in [6.45, 7) is 3.92. The molecule has 1 heterocycles. The summed E-state index contributed by atoms with van der Waals surface area (Å²) in [4.78, 5) is 0. The smallest absolute Gasteiger partial charge is 0.214 e. The van der Waals surface area contributed by atoms with Crippen molar-refractivity contribution in [3.05, 3.63) is 0 Å². The lowest BCUT2D eigenvalue weighted by Gasteiger charge is -2.16. The van der Waals surface area contributed by atoms with E-state index in [1.54, 1.807) is 4.31 Å². The molecule has 4 nitrogen and oxygen atoms in total. The molecule has 2 fully saturated rings. The number of hydrogen-bond acceptors (Lipinski definition) is 3. The molecule has 0 spiro atoms. The fourth-order valence-corrected chi connectivity index (χ4v) is 3.58. The molecule has 0 aromatic rings. The summed E-state index contributed by atoms with van der Waals surface area (Å²) in [5.74, 6) is 1.02. The van der Waals surface area contributed by atoms with Crippen LogP contribution < -0.4 is 0 Å². The van der Waals surface area contributed by atoms with E-state index in [9.17, 15) is 8.42 Å². The van der Waals surface area contributed by atoms with Gasteiger partial charge in [-0.1, -0.05) is 6.92 Å². The second-order valence-electron chi connectivity index (χ2n) is 4.86. The fourth-order valence-electron chi connectivity index (χ4n) is 2.03. The molecule has 2 rings (SSSR count). The summed E-state index contributed by atoms with van der Waals surface area (Å²) in [5, 5.41) is 0. The van der Waals surface area contributed by atoms with Gasteiger partial charge in [-0.25, -0.2) is 8.42 Å². The van der Waals surface area contributed by atoms with Crippen LogP contribution in [0.5, 0.6) is 0 Å². The highest BCUT2D eigenvalue weighted by Gasteiger charge is 2.32. The van der Waals surface area contributed by atoms with Crippen molar-refractivity contribution in [1.82, 2.24) is 4.31 Å². The maximum Gasteiger partial charge on any atom is 0.214 e. The molecule has 0 radical (unpaired) electrons. The van der Waals surface area contributed by atoms with Crippen LogP contribution in [-0.4, -0.2) is 44.3 Å². The first-order valence-corrected chi connectivity index (χ1v) is 7.82. The zero-order valence-electron chi connectivity index (χ0n) is 9.89. The summed E-state index contributed by atoms with van der Waals surface area (Å²) in [5.41, 5.74) is 0. The van der Waals surface area contributed by atoms with Crippen LogP contribution in [0.3, 0.4) is 0 Å². The second-order valence-corrected chi connectivity index (χ2v) is 6.95. The first-order valence-electron chi connectivity index (χ1n) is 6.21. The van der Waals surface area contributed by atoms with Crippen LogP contribution in [0.25, 0.3) is 0 Å². The number of sulfonamides is 1. The number of ether oxygens (including phenoxy) is 1. The van der Waals surface area contributed by atoms with E-state index in [1.807, 2.05) is 6.92 Å². The van der Waals surface area contributed by atoms with Gasteiger partial charge < -0.3 is 4.74 Å². The maximum absolute atomic E-state index is 11.8. The third-order valence-corrected chi connectivity index (χ3v) is 5.27. The Morgan fingerprint density at radius 1 is 1.31 bits per heavy atom. The van der Waals surface area contributed by atoms with E-state index in [4.69, 9.17) is 4.74 Å². The summed E-state index contributed by atoms with van der Waals surface area (Å²) in [7, 11) is -3.01. The molecule has 0 bridgehead atoms. The minimum atomic E-state index is -3.01. The fraction of sp³-hybridized carbons (Fsp3) is 1.00. The Labute approximate surface area is 98.0 Å². The van der Waals surface area contributed by atoms with Crippen molar-refractivity contribution in [3.8, 4) is 0 Å². The van der Waals surface area contributed by atoms with Gasteiger partial charge in [-0.3, -0.25) is 0 Å². The summed E-state index contributed by atoms with van der Waals surface area (Å²) >= 11 is 0. The molecule has 5 heteroatoms. The quantitative estimate of drug-likeness (QED) is 0.709. The molecule has 2 aliphatic rings. The Morgan fingerprint density at radius 2 is 2.06 bits per heavy atom. The SMILES string of the molecule is CCCS(=O)(=O)N1CCC(OCC2CC2)C1. The van der Waals surface area contributed by atoms with Gasteiger partial charge in [0.2, 0.25) is 10.0 Å². The average Bonchev–Trinajstić information content (AvgIpc) is 2.92. The molecule has 0 aromatic heterocycles. The highest BCUT2D eigenvalue weighted by atomic mass is 32.2. The van der Waals surface area contributed by atoms with Gasteiger partial charge in [0, 0.05) is 19.7 Å². The van der Waals surface area contributed by atoms with Crippen LogP contribution >= 0.6 is 0 Å². The third kappa shape index (κ3) is 3.18. The third-order valence-electron chi connectivity index (χ3n) is 3.23. The van der Waals surface area contributed by atoms with Crippen molar-refractivity contribution in [2.24, 2.45) is 5.92 Å². The highest BCUT2D eigenvalue weighted by molar-refractivity contribution is 7.89. The van der Waals surface area contributed by atoms with E-state index < -0.39 is 10.0 Å². The predicted molar refractivity (Wildman–Crippen MR) is 62.7 cm³/mol. The van der Waals surface area contributed by atoms with Gasteiger partial charge in [-0.05, 0) is 31.6 Å². The standard InChI is InChI=1S/C11H21NO3S/c1-2-7-16(13,14)12-6-5-11(8-12)15-9-10-3-4-10/h10-11H,2-9H2,1H3. The van der Waals surface area contributed by atoms with Crippen molar-refractivity contribution < 1.29 is 13.2 Å².